The molecular weight excluding hydrogens is 188 g/mol. The highest BCUT2D eigenvalue weighted by molar-refractivity contribution is 5.35. The molecular formula is C11H14N4. The standard InChI is InChI=1S/C11H14N4/c1-9-4-3-5-10(14-9)13-8-11-12-6-7-15(11)2/h3-7H,8H2,1-2H3,(H,13,14). The third kappa shape index (κ3) is 2.34. The largest absolute Gasteiger partial charge is 0.363 e. The van der Waals surface area contributed by atoms with Crippen LogP contribution < -0.4 is 5.32 Å². The number of pyridine rings is 1. The third-order valence-electron chi connectivity index (χ3n) is 2.24. The Morgan fingerprint density at radius 1 is 1.40 bits per heavy atom. The fourth-order valence-corrected chi connectivity index (χ4v) is 1.38. The minimum absolute atomic E-state index is 0.694. The van der Waals surface area contributed by atoms with Crippen molar-refractivity contribution in [2.45, 2.75) is 13.5 Å². The molecule has 0 aromatic carbocycles. The van der Waals surface area contributed by atoms with E-state index in [1.165, 1.54) is 0 Å². The first-order valence-corrected chi connectivity index (χ1v) is 4.89. The van der Waals surface area contributed by atoms with Crippen molar-refractivity contribution in [3.8, 4) is 0 Å². The number of rotatable bonds is 3. The zero-order valence-electron chi connectivity index (χ0n) is 8.94. The van der Waals surface area contributed by atoms with Gasteiger partial charge in [0.15, 0.2) is 0 Å². The molecule has 0 aliphatic heterocycles. The number of imidazole rings is 1. The van der Waals surface area contributed by atoms with Crippen LogP contribution in [-0.2, 0) is 13.6 Å². The quantitative estimate of drug-likeness (QED) is 0.824. The van der Waals surface area contributed by atoms with Gasteiger partial charge < -0.3 is 9.88 Å². The smallest absolute Gasteiger partial charge is 0.127 e. The fraction of sp³-hybridized carbons (Fsp3) is 0.273. The van der Waals surface area contributed by atoms with E-state index in [4.69, 9.17) is 0 Å². The molecule has 4 heteroatoms. The topological polar surface area (TPSA) is 42.7 Å². The van der Waals surface area contributed by atoms with Gasteiger partial charge in [0.1, 0.15) is 11.6 Å². The van der Waals surface area contributed by atoms with Crippen molar-refractivity contribution in [1.29, 1.82) is 0 Å². The summed E-state index contributed by atoms with van der Waals surface area (Å²) in [4.78, 5) is 8.58. The molecule has 1 N–H and O–H groups in total. The van der Waals surface area contributed by atoms with E-state index in [9.17, 15) is 0 Å². The average Bonchev–Trinajstić information content (AvgIpc) is 2.61. The van der Waals surface area contributed by atoms with Crippen LogP contribution in [0.5, 0.6) is 0 Å². The lowest BCUT2D eigenvalue weighted by molar-refractivity contribution is 0.810. The summed E-state index contributed by atoms with van der Waals surface area (Å²) in [6, 6.07) is 5.92. The molecule has 78 valence electrons. The van der Waals surface area contributed by atoms with Crippen LogP contribution >= 0.6 is 0 Å². The van der Waals surface area contributed by atoms with Gasteiger partial charge in [0.05, 0.1) is 6.54 Å². The summed E-state index contributed by atoms with van der Waals surface area (Å²) in [7, 11) is 1.98. The number of hydrogen-bond acceptors (Lipinski definition) is 3. The van der Waals surface area contributed by atoms with Gasteiger partial charge in [-0.1, -0.05) is 6.07 Å². The van der Waals surface area contributed by atoms with Crippen LogP contribution in [0.2, 0.25) is 0 Å². The maximum absolute atomic E-state index is 4.35. The molecule has 2 heterocycles. The first-order valence-electron chi connectivity index (χ1n) is 4.89. The molecule has 0 saturated heterocycles. The van der Waals surface area contributed by atoms with Gasteiger partial charge >= 0.3 is 0 Å². The minimum atomic E-state index is 0.694. The molecule has 0 aliphatic rings. The van der Waals surface area contributed by atoms with E-state index in [2.05, 4.69) is 15.3 Å². The summed E-state index contributed by atoms with van der Waals surface area (Å²) >= 11 is 0. The lowest BCUT2D eigenvalue weighted by Gasteiger charge is -2.05. The number of anilines is 1. The summed E-state index contributed by atoms with van der Waals surface area (Å²) in [6.45, 7) is 2.67. The Labute approximate surface area is 89.0 Å². The van der Waals surface area contributed by atoms with Gasteiger partial charge in [-0.15, -0.1) is 0 Å². The van der Waals surface area contributed by atoms with E-state index >= 15 is 0 Å². The summed E-state index contributed by atoms with van der Waals surface area (Å²) in [5.41, 5.74) is 1.01. The van der Waals surface area contributed by atoms with Crippen molar-refractivity contribution < 1.29 is 0 Å². The van der Waals surface area contributed by atoms with Crippen molar-refractivity contribution in [3.05, 3.63) is 42.1 Å². The number of aryl methyl sites for hydroxylation is 2. The predicted molar refractivity (Wildman–Crippen MR) is 59.5 cm³/mol. The molecule has 0 radical (unpaired) electrons. The van der Waals surface area contributed by atoms with Crippen LogP contribution in [0, 0.1) is 6.92 Å². The minimum Gasteiger partial charge on any atom is -0.363 e. The van der Waals surface area contributed by atoms with Crippen molar-refractivity contribution in [3.63, 3.8) is 0 Å². The van der Waals surface area contributed by atoms with E-state index in [1.807, 2.05) is 42.9 Å². The Kier molecular flexibility index (Phi) is 2.67. The Bertz CT molecular complexity index is 447. The first-order chi connectivity index (χ1) is 7.25. The van der Waals surface area contributed by atoms with Crippen LogP contribution in [0.3, 0.4) is 0 Å². The van der Waals surface area contributed by atoms with Crippen molar-refractivity contribution >= 4 is 5.82 Å². The molecule has 0 spiro atoms. The van der Waals surface area contributed by atoms with Gasteiger partial charge in [-0.25, -0.2) is 9.97 Å². The molecule has 2 rings (SSSR count). The Morgan fingerprint density at radius 2 is 2.27 bits per heavy atom. The summed E-state index contributed by atoms with van der Waals surface area (Å²) in [5.74, 6) is 1.89. The molecule has 0 fully saturated rings. The summed E-state index contributed by atoms with van der Waals surface area (Å²) < 4.78 is 1.99. The maximum Gasteiger partial charge on any atom is 0.127 e. The molecule has 15 heavy (non-hydrogen) atoms. The van der Waals surface area contributed by atoms with Crippen molar-refractivity contribution in [1.82, 2.24) is 14.5 Å². The predicted octanol–water partition coefficient (Wildman–Crippen LogP) is 1.74. The van der Waals surface area contributed by atoms with Crippen LogP contribution in [0.1, 0.15) is 11.5 Å². The van der Waals surface area contributed by atoms with E-state index in [0.29, 0.717) is 6.54 Å². The fourth-order valence-electron chi connectivity index (χ4n) is 1.38. The van der Waals surface area contributed by atoms with Crippen LogP contribution in [0.25, 0.3) is 0 Å². The second-order valence-corrected chi connectivity index (χ2v) is 3.47. The molecule has 2 aromatic heterocycles. The molecule has 0 atom stereocenters. The molecule has 2 aromatic rings. The normalized spacial score (nSPS) is 10.3. The Hall–Kier alpha value is -1.84. The zero-order chi connectivity index (χ0) is 10.7. The first kappa shape index (κ1) is 9.71. The van der Waals surface area contributed by atoms with Gasteiger partial charge in [0.2, 0.25) is 0 Å². The van der Waals surface area contributed by atoms with Crippen molar-refractivity contribution in [2.24, 2.45) is 7.05 Å². The molecule has 0 saturated carbocycles. The van der Waals surface area contributed by atoms with E-state index in [-0.39, 0.29) is 0 Å². The summed E-state index contributed by atoms with van der Waals surface area (Å²) in [5, 5.41) is 3.23. The van der Waals surface area contributed by atoms with Gasteiger partial charge in [0, 0.05) is 25.1 Å². The summed E-state index contributed by atoms with van der Waals surface area (Å²) in [6.07, 6.45) is 3.72. The number of nitrogens with one attached hydrogen (secondary N) is 1. The Balaban J connectivity index is 2.02. The average molecular weight is 202 g/mol. The SMILES string of the molecule is Cc1cccc(NCc2nccn2C)n1. The lowest BCUT2D eigenvalue weighted by Crippen LogP contribution is -2.06. The zero-order valence-corrected chi connectivity index (χ0v) is 8.94. The van der Waals surface area contributed by atoms with Gasteiger partial charge in [-0.05, 0) is 19.1 Å². The van der Waals surface area contributed by atoms with E-state index in [1.54, 1.807) is 6.20 Å². The molecule has 0 bridgehead atoms. The second kappa shape index (κ2) is 4.13. The van der Waals surface area contributed by atoms with Gasteiger partial charge in [-0.2, -0.15) is 0 Å². The molecule has 0 amide bonds. The van der Waals surface area contributed by atoms with Gasteiger partial charge in [-0.3, -0.25) is 0 Å². The number of nitrogens with zero attached hydrogens (tertiary/aromatic N) is 3. The Morgan fingerprint density at radius 3 is 2.93 bits per heavy atom. The third-order valence-corrected chi connectivity index (χ3v) is 2.24. The highest BCUT2D eigenvalue weighted by atomic mass is 15.1. The van der Waals surface area contributed by atoms with Crippen molar-refractivity contribution in [2.75, 3.05) is 5.32 Å². The number of aromatic nitrogens is 3. The van der Waals surface area contributed by atoms with Crippen LogP contribution in [0.4, 0.5) is 5.82 Å². The molecule has 0 aliphatic carbocycles. The highest BCUT2D eigenvalue weighted by Crippen LogP contribution is 2.05. The monoisotopic (exact) mass is 202 g/mol. The lowest BCUT2D eigenvalue weighted by atomic mass is 10.4. The highest BCUT2D eigenvalue weighted by Gasteiger charge is 1.99. The van der Waals surface area contributed by atoms with Crippen LogP contribution in [-0.4, -0.2) is 14.5 Å². The number of hydrogen-bond donors (Lipinski definition) is 1. The second-order valence-electron chi connectivity index (χ2n) is 3.47. The molecule has 4 nitrogen and oxygen atoms in total. The van der Waals surface area contributed by atoms with E-state index in [0.717, 1.165) is 17.3 Å². The van der Waals surface area contributed by atoms with E-state index < -0.39 is 0 Å². The maximum atomic E-state index is 4.35. The van der Waals surface area contributed by atoms with Gasteiger partial charge in [0.25, 0.3) is 0 Å². The van der Waals surface area contributed by atoms with Crippen LogP contribution in [0.15, 0.2) is 30.6 Å². The molecule has 0 unspecified atom stereocenters.